The summed E-state index contributed by atoms with van der Waals surface area (Å²) in [5.74, 6) is 1.65. The van der Waals surface area contributed by atoms with Crippen LogP contribution in [0, 0.1) is 18.8 Å². The molecule has 0 spiro atoms. The molecule has 1 unspecified atom stereocenters. The van der Waals surface area contributed by atoms with Crippen LogP contribution in [0.15, 0.2) is 4.52 Å². The number of nitrogens with one attached hydrogen (secondary N) is 1. The van der Waals surface area contributed by atoms with Crippen molar-refractivity contribution >= 4 is 11.8 Å². The first-order valence-electron chi connectivity index (χ1n) is 8.74. The summed E-state index contributed by atoms with van der Waals surface area (Å²) in [6.07, 6.45) is 2.06. The van der Waals surface area contributed by atoms with Crippen LogP contribution in [0.1, 0.15) is 51.7 Å². The summed E-state index contributed by atoms with van der Waals surface area (Å²) in [6.45, 7) is 8.78. The number of carbonyl (C=O) groups excluding carboxylic acids is 2. The molecular weight excluding hydrogens is 308 g/mol. The molecule has 3 atom stereocenters. The van der Waals surface area contributed by atoms with Crippen LogP contribution in [0.2, 0.25) is 0 Å². The number of hydrogen-bond acceptors (Lipinski definition) is 5. The molecule has 1 aromatic heterocycles. The average Bonchev–Trinajstić information content (AvgIpc) is 3.18. The number of hydrogen-bond donors (Lipinski definition) is 1. The molecule has 0 aromatic carbocycles. The van der Waals surface area contributed by atoms with Crippen molar-refractivity contribution in [3.05, 3.63) is 11.7 Å². The lowest BCUT2D eigenvalue weighted by Crippen LogP contribution is -2.40. The van der Waals surface area contributed by atoms with Gasteiger partial charge in [0, 0.05) is 31.5 Å². The van der Waals surface area contributed by atoms with Crippen LogP contribution in [0.3, 0.4) is 0 Å². The van der Waals surface area contributed by atoms with E-state index in [1.165, 1.54) is 0 Å². The topological polar surface area (TPSA) is 88.3 Å². The molecule has 3 rings (SSSR count). The maximum Gasteiger partial charge on any atom is 0.235 e. The van der Waals surface area contributed by atoms with Gasteiger partial charge in [0.2, 0.25) is 17.7 Å². The largest absolute Gasteiger partial charge is 0.353 e. The first-order valence-corrected chi connectivity index (χ1v) is 8.74. The molecule has 7 nitrogen and oxygen atoms in total. The van der Waals surface area contributed by atoms with Crippen molar-refractivity contribution < 1.29 is 14.1 Å². The maximum absolute atomic E-state index is 12.5. The van der Waals surface area contributed by atoms with Crippen molar-refractivity contribution in [2.75, 3.05) is 13.1 Å². The third-order valence-electron chi connectivity index (χ3n) is 5.32. The molecule has 132 valence electrons. The second-order valence-corrected chi connectivity index (χ2v) is 7.43. The van der Waals surface area contributed by atoms with E-state index in [9.17, 15) is 9.59 Å². The molecule has 1 saturated carbocycles. The molecule has 2 fully saturated rings. The first kappa shape index (κ1) is 16.9. The number of amides is 2. The van der Waals surface area contributed by atoms with Gasteiger partial charge < -0.3 is 14.7 Å². The first-order chi connectivity index (χ1) is 11.4. The Morgan fingerprint density at radius 1 is 1.46 bits per heavy atom. The van der Waals surface area contributed by atoms with Gasteiger partial charge >= 0.3 is 0 Å². The molecule has 0 radical (unpaired) electrons. The van der Waals surface area contributed by atoms with Crippen molar-refractivity contribution in [2.24, 2.45) is 11.8 Å². The summed E-state index contributed by atoms with van der Waals surface area (Å²) in [5.41, 5.74) is -0.336. The van der Waals surface area contributed by atoms with Gasteiger partial charge in [0.1, 0.15) is 0 Å². The van der Waals surface area contributed by atoms with Gasteiger partial charge in [0.15, 0.2) is 5.82 Å². The van der Waals surface area contributed by atoms with Gasteiger partial charge in [0.25, 0.3) is 0 Å². The zero-order valence-electron chi connectivity index (χ0n) is 14.8. The van der Waals surface area contributed by atoms with Gasteiger partial charge in [0.05, 0.1) is 5.41 Å². The Morgan fingerprint density at radius 2 is 2.21 bits per heavy atom. The van der Waals surface area contributed by atoms with Crippen LogP contribution < -0.4 is 5.32 Å². The van der Waals surface area contributed by atoms with E-state index in [1.807, 2.05) is 25.7 Å². The highest BCUT2D eigenvalue weighted by Gasteiger charge is 2.58. The van der Waals surface area contributed by atoms with Gasteiger partial charge in [-0.1, -0.05) is 25.9 Å². The maximum atomic E-state index is 12.5. The Kier molecular flexibility index (Phi) is 4.36. The van der Waals surface area contributed by atoms with E-state index in [0.717, 1.165) is 12.8 Å². The molecule has 0 bridgehead atoms. The molecule has 1 saturated heterocycles. The summed E-state index contributed by atoms with van der Waals surface area (Å²) in [6, 6.07) is 0.103. The molecule has 7 heteroatoms. The monoisotopic (exact) mass is 334 g/mol. The Hall–Kier alpha value is -1.92. The fourth-order valence-corrected chi connectivity index (χ4v) is 4.17. The van der Waals surface area contributed by atoms with E-state index < -0.39 is 0 Å². The highest BCUT2D eigenvalue weighted by Crippen LogP contribution is 2.50. The Bertz CT molecular complexity index is 642. The zero-order chi connectivity index (χ0) is 17.5. The second-order valence-electron chi connectivity index (χ2n) is 7.43. The number of rotatable bonds is 4. The van der Waals surface area contributed by atoms with Crippen LogP contribution in [-0.2, 0) is 15.0 Å². The molecule has 2 heterocycles. The van der Waals surface area contributed by atoms with Crippen molar-refractivity contribution in [3.8, 4) is 0 Å². The second kappa shape index (κ2) is 6.18. The number of carbonyl (C=O) groups is 2. The predicted octanol–water partition coefficient (Wildman–Crippen LogP) is 1.42. The van der Waals surface area contributed by atoms with Crippen molar-refractivity contribution in [3.63, 3.8) is 0 Å². The predicted molar refractivity (Wildman–Crippen MR) is 87.1 cm³/mol. The summed E-state index contributed by atoms with van der Waals surface area (Å²) < 4.78 is 5.51. The minimum absolute atomic E-state index is 0.0270. The Morgan fingerprint density at radius 3 is 2.79 bits per heavy atom. The summed E-state index contributed by atoms with van der Waals surface area (Å²) in [4.78, 5) is 30.6. The number of aryl methyl sites for hydroxylation is 1. The SMILES string of the molecule is CCC(=O)N[C@@H]1CC2CN(C(=O)C(C)C)C[C@@]2(c2nc(C)no2)C1. The minimum atomic E-state index is -0.336. The average molecular weight is 334 g/mol. The molecule has 2 aliphatic rings. The smallest absolute Gasteiger partial charge is 0.235 e. The molecule has 1 N–H and O–H groups in total. The van der Waals surface area contributed by atoms with Crippen LogP contribution in [-0.4, -0.2) is 46.0 Å². The summed E-state index contributed by atoms with van der Waals surface area (Å²) >= 11 is 0. The summed E-state index contributed by atoms with van der Waals surface area (Å²) in [7, 11) is 0. The van der Waals surface area contributed by atoms with Crippen LogP contribution >= 0.6 is 0 Å². The third-order valence-corrected chi connectivity index (χ3v) is 5.32. The van der Waals surface area contributed by atoms with E-state index in [1.54, 1.807) is 6.92 Å². The van der Waals surface area contributed by atoms with Crippen molar-refractivity contribution in [2.45, 2.75) is 58.4 Å². The lowest BCUT2D eigenvalue weighted by Gasteiger charge is -2.26. The molecular formula is C17H26N4O3. The number of likely N-dealkylation sites (tertiary alicyclic amines) is 1. The van der Waals surface area contributed by atoms with Gasteiger partial charge in [-0.15, -0.1) is 0 Å². The standard InChI is InChI=1S/C17H26N4O3/c1-5-14(22)19-13-6-12-8-21(15(23)10(2)3)9-17(12,7-13)16-18-11(4)20-24-16/h10,12-13H,5-9H2,1-4H3,(H,19,22)/t12?,13-,17+/m1/s1. The fourth-order valence-electron chi connectivity index (χ4n) is 4.17. The quantitative estimate of drug-likeness (QED) is 0.899. The van der Waals surface area contributed by atoms with Crippen molar-refractivity contribution in [1.82, 2.24) is 20.4 Å². The number of fused-ring (bicyclic) bond motifs is 1. The van der Waals surface area contributed by atoms with E-state index in [2.05, 4.69) is 15.5 Å². The van der Waals surface area contributed by atoms with E-state index in [-0.39, 0.29) is 35.1 Å². The molecule has 24 heavy (non-hydrogen) atoms. The minimum Gasteiger partial charge on any atom is -0.353 e. The van der Waals surface area contributed by atoms with Crippen LogP contribution in [0.5, 0.6) is 0 Å². The number of nitrogens with zero attached hydrogens (tertiary/aromatic N) is 3. The van der Waals surface area contributed by atoms with Gasteiger partial charge in [-0.25, -0.2) is 0 Å². The van der Waals surface area contributed by atoms with Crippen LogP contribution in [0.4, 0.5) is 0 Å². The normalized spacial score (nSPS) is 29.1. The lowest BCUT2D eigenvalue weighted by atomic mass is 9.80. The lowest BCUT2D eigenvalue weighted by molar-refractivity contribution is -0.134. The van der Waals surface area contributed by atoms with Gasteiger partial charge in [-0.05, 0) is 25.7 Å². The molecule has 1 aliphatic carbocycles. The van der Waals surface area contributed by atoms with Gasteiger partial charge in [-0.3, -0.25) is 9.59 Å². The van der Waals surface area contributed by atoms with E-state index >= 15 is 0 Å². The molecule has 1 aromatic rings. The van der Waals surface area contributed by atoms with E-state index in [0.29, 0.717) is 31.2 Å². The zero-order valence-corrected chi connectivity index (χ0v) is 14.8. The fraction of sp³-hybridized carbons (Fsp3) is 0.765. The number of aromatic nitrogens is 2. The Labute approximate surface area is 142 Å². The van der Waals surface area contributed by atoms with Gasteiger partial charge in [-0.2, -0.15) is 4.98 Å². The molecule has 1 aliphatic heterocycles. The Balaban J connectivity index is 1.86. The summed E-state index contributed by atoms with van der Waals surface area (Å²) in [5, 5.41) is 7.04. The molecule has 2 amide bonds. The third kappa shape index (κ3) is 2.80. The van der Waals surface area contributed by atoms with Crippen LogP contribution in [0.25, 0.3) is 0 Å². The highest BCUT2D eigenvalue weighted by molar-refractivity contribution is 5.79. The van der Waals surface area contributed by atoms with Crippen molar-refractivity contribution in [1.29, 1.82) is 0 Å². The highest BCUT2D eigenvalue weighted by atomic mass is 16.5. The van der Waals surface area contributed by atoms with E-state index in [4.69, 9.17) is 4.52 Å².